The van der Waals surface area contributed by atoms with Gasteiger partial charge in [-0.05, 0) is 30.4 Å². The van der Waals surface area contributed by atoms with Crippen LogP contribution in [0.2, 0.25) is 0 Å². The number of ether oxygens (including phenoxy) is 1. The number of halogens is 1. The van der Waals surface area contributed by atoms with Crippen LogP contribution in [0, 0.1) is 11.7 Å². The monoisotopic (exact) mass is 252 g/mol. The molecule has 0 atom stereocenters. The summed E-state index contributed by atoms with van der Waals surface area (Å²) in [5, 5.41) is 0. The Bertz CT molecular complexity index is 393. The summed E-state index contributed by atoms with van der Waals surface area (Å²) in [6.45, 7) is 2.50. The van der Waals surface area contributed by atoms with Crippen molar-refractivity contribution in [1.29, 1.82) is 0 Å². The van der Waals surface area contributed by atoms with E-state index < -0.39 is 0 Å². The van der Waals surface area contributed by atoms with Gasteiger partial charge in [0.25, 0.3) is 0 Å². The molecule has 0 unspecified atom stereocenters. The molecule has 18 heavy (non-hydrogen) atoms. The molecule has 2 rings (SSSR count). The molecule has 1 fully saturated rings. The number of likely N-dealkylation sites (N-methyl/N-ethyl adjacent to an activating group) is 1. The quantitative estimate of drug-likeness (QED) is 0.756. The fourth-order valence-corrected chi connectivity index (χ4v) is 2.00. The van der Waals surface area contributed by atoms with Crippen molar-refractivity contribution in [3.63, 3.8) is 0 Å². The number of anilines is 1. The lowest BCUT2D eigenvalue weighted by Crippen LogP contribution is -2.25. The zero-order chi connectivity index (χ0) is 13.0. The largest absolute Gasteiger partial charge is 0.379 e. The summed E-state index contributed by atoms with van der Waals surface area (Å²) in [4.78, 5) is 1.88. The minimum Gasteiger partial charge on any atom is -0.379 e. The fourth-order valence-electron chi connectivity index (χ4n) is 2.00. The average molecular weight is 252 g/mol. The number of nitrogens with two attached hydrogens (primary N) is 1. The molecule has 1 aliphatic carbocycles. The molecular weight excluding hydrogens is 231 g/mol. The Morgan fingerprint density at radius 1 is 1.44 bits per heavy atom. The second kappa shape index (κ2) is 6.16. The summed E-state index contributed by atoms with van der Waals surface area (Å²) in [5.41, 5.74) is 7.06. The van der Waals surface area contributed by atoms with Crippen LogP contribution in [-0.4, -0.2) is 26.8 Å². The van der Waals surface area contributed by atoms with Gasteiger partial charge in [0.05, 0.1) is 12.3 Å². The molecule has 4 heteroatoms. The predicted molar refractivity (Wildman–Crippen MR) is 71.1 cm³/mol. The number of rotatable bonds is 7. The van der Waals surface area contributed by atoms with Gasteiger partial charge >= 0.3 is 0 Å². The van der Waals surface area contributed by atoms with Crippen LogP contribution in [0.1, 0.15) is 18.4 Å². The van der Waals surface area contributed by atoms with Gasteiger partial charge in [-0.2, -0.15) is 0 Å². The molecule has 1 saturated carbocycles. The molecule has 0 aliphatic heterocycles. The van der Waals surface area contributed by atoms with Crippen molar-refractivity contribution in [2.75, 3.05) is 31.7 Å². The summed E-state index contributed by atoms with van der Waals surface area (Å²) in [6, 6.07) is 5.02. The molecule has 0 radical (unpaired) electrons. The maximum atomic E-state index is 13.8. The highest BCUT2D eigenvalue weighted by molar-refractivity contribution is 5.54. The van der Waals surface area contributed by atoms with Crippen molar-refractivity contribution in [3.8, 4) is 0 Å². The first-order valence-corrected chi connectivity index (χ1v) is 6.48. The summed E-state index contributed by atoms with van der Waals surface area (Å²) < 4.78 is 19.4. The molecule has 1 aliphatic rings. The van der Waals surface area contributed by atoms with Crippen molar-refractivity contribution in [2.45, 2.75) is 19.4 Å². The Balaban J connectivity index is 1.88. The van der Waals surface area contributed by atoms with E-state index in [0.717, 1.165) is 18.1 Å². The zero-order valence-electron chi connectivity index (χ0n) is 10.9. The van der Waals surface area contributed by atoms with Crippen LogP contribution >= 0.6 is 0 Å². The number of benzene rings is 1. The van der Waals surface area contributed by atoms with Gasteiger partial charge in [-0.3, -0.25) is 0 Å². The predicted octanol–water partition coefficient (Wildman–Crippen LogP) is 2.15. The normalized spacial score (nSPS) is 14.8. The Morgan fingerprint density at radius 3 is 2.89 bits per heavy atom. The van der Waals surface area contributed by atoms with Crippen LogP contribution in [0.4, 0.5) is 10.1 Å². The lowest BCUT2D eigenvalue weighted by molar-refractivity contribution is 0.131. The molecule has 0 aromatic heterocycles. The minimum absolute atomic E-state index is 0.220. The summed E-state index contributed by atoms with van der Waals surface area (Å²) in [7, 11) is 1.87. The van der Waals surface area contributed by atoms with Crippen LogP contribution in [-0.2, 0) is 11.3 Å². The lowest BCUT2D eigenvalue weighted by Gasteiger charge is -2.22. The van der Waals surface area contributed by atoms with E-state index in [4.69, 9.17) is 10.5 Å². The summed E-state index contributed by atoms with van der Waals surface area (Å²) in [5.74, 6) is 0.547. The van der Waals surface area contributed by atoms with Crippen molar-refractivity contribution < 1.29 is 9.13 Å². The third-order valence-electron chi connectivity index (χ3n) is 3.29. The van der Waals surface area contributed by atoms with Crippen LogP contribution in [0.25, 0.3) is 0 Å². The van der Waals surface area contributed by atoms with Crippen LogP contribution in [0.3, 0.4) is 0 Å². The smallest absolute Gasteiger partial charge is 0.146 e. The Kier molecular flexibility index (Phi) is 4.55. The third-order valence-corrected chi connectivity index (χ3v) is 3.29. The van der Waals surface area contributed by atoms with Gasteiger partial charge < -0.3 is 15.4 Å². The second-order valence-corrected chi connectivity index (χ2v) is 4.89. The van der Waals surface area contributed by atoms with Crippen molar-refractivity contribution in [3.05, 3.63) is 29.6 Å². The zero-order valence-corrected chi connectivity index (χ0v) is 10.9. The topological polar surface area (TPSA) is 38.5 Å². The van der Waals surface area contributed by atoms with Crippen LogP contribution < -0.4 is 10.6 Å². The molecule has 1 aromatic rings. The van der Waals surface area contributed by atoms with Crippen molar-refractivity contribution in [2.24, 2.45) is 11.7 Å². The van der Waals surface area contributed by atoms with E-state index >= 15 is 0 Å². The highest BCUT2D eigenvalue weighted by Gasteiger charge is 2.21. The van der Waals surface area contributed by atoms with Crippen molar-refractivity contribution >= 4 is 5.69 Å². The van der Waals surface area contributed by atoms with E-state index in [0.29, 0.717) is 25.4 Å². The standard InChI is InChI=1S/C14H21FN2O/c1-17(7-8-18-10-11-5-6-11)14-12(9-16)3-2-4-13(14)15/h2-4,11H,5-10,16H2,1H3. The number of hydrogen-bond acceptors (Lipinski definition) is 3. The fraction of sp³-hybridized carbons (Fsp3) is 0.571. The van der Waals surface area contributed by atoms with E-state index in [9.17, 15) is 4.39 Å². The van der Waals surface area contributed by atoms with Crippen LogP contribution in [0.5, 0.6) is 0 Å². The Labute approximate surface area is 108 Å². The van der Waals surface area contributed by atoms with Gasteiger partial charge in [0.15, 0.2) is 0 Å². The maximum Gasteiger partial charge on any atom is 0.146 e. The van der Waals surface area contributed by atoms with Crippen molar-refractivity contribution in [1.82, 2.24) is 0 Å². The Morgan fingerprint density at radius 2 is 2.22 bits per heavy atom. The lowest BCUT2D eigenvalue weighted by atomic mass is 10.1. The molecule has 1 aromatic carbocycles. The van der Waals surface area contributed by atoms with E-state index in [1.54, 1.807) is 6.07 Å². The molecule has 100 valence electrons. The molecule has 0 bridgehead atoms. The average Bonchev–Trinajstić information content (AvgIpc) is 3.18. The van der Waals surface area contributed by atoms with Crippen LogP contribution in [0.15, 0.2) is 18.2 Å². The summed E-state index contributed by atoms with van der Waals surface area (Å²) in [6.07, 6.45) is 2.58. The highest BCUT2D eigenvalue weighted by atomic mass is 19.1. The second-order valence-electron chi connectivity index (χ2n) is 4.89. The van der Waals surface area contributed by atoms with E-state index in [1.165, 1.54) is 18.9 Å². The molecule has 0 amide bonds. The first-order chi connectivity index (χ1) is 8.72. The van der Waals surface area contributed by atoms with Gasteiger partial charge in [-0.15, -0.1) is 0 Å². The number of nitrogens with zero attached hydrogens (tertiary/aromatic N) is 1. The number of hydrogen-bond donors (Lipinski definition) is 1. The van der Waals surface area contributed by atoms with E-state index in [2.05, 4.69) is 0 Å². The molecule has 0 spiro atoms. The molecular formula is C14H21FN2O. The molecule has 0 saturated heterocycles. The van der Waals surface area contributed by atoms with Gasteiger partial charge in [0.2, 0.25) is 0 Å². The van der Waals surface area contributed by atoms with Gasteiger partial charge in [-0.25, -0.2) is 4.39 Å². The minimum atomic E-state index is -0.220. The van der Waals surface area contributed by atoms with Gasteiger partial charge in [-0.1, -0.05) is 12.1 Å². The van der Waals surface area contributed by atoms with Gasteiger partial charge in [0.1, 0.15) is 5.82 Å². The van der Waals surface area contributed by atoms with E-state index in [1.807, 2.05) is 18.0 Å². The number of para-hydroxylation sites is 1. The molecule has 2 N–H and O–H groups in total. The SMILES string of the molecule is CN(CCOCC1CC1)c1c(F)cccc1CN. The summed E-state index contributed by atoms with van der Waals surface area (Å²) >= 11 is 0. The highest BCUT2D eigenvalue weighted by Crippen LogP contribution is 2.28. The van der Waals surface area contributed by atoms with E-state index in [-0.39, 0.29) is 5.82 Å². The molecule has 3 nitrogen and oxygen atoms in total. The van der Waals surface area contributed by atoms with Gasteiger partial charge in [0, 0.05) is 26.7 Å². The molecule has 0 heterocycles. The third kappa shape index (κ3) is 3.43. The maximum absolute atomic E-state index is 13.8. The first-order valence-electron chi connectivity index (χ1n) is 6.48. The first kappa shape index (κ1) is 13.3. The Hall–Kier alpha value is -1.13.